The second-order valence-electron chi connectivity index (χ2n) is 9.75. The van der Waals surface area contributed by atoms with E-state index in [4.69, 9.17) is 14.6 Å². The highest BCUT2D eigenvalue weighted by Gasteiger charge is 2.33. The summed E-state index contributed by atoms with van der Waals surface area (Å²) in [6, 6.07) is 14.7. The quantitative estimate of drug-likeness (QED) is 0.261. The van der Waals surface area contributed by atoms with Crippen molar-refractivity contribution < 1.29 is 33.8 Å². The predicted molar refractivity (Wildman–Crippen MR) is 153 cm³/mol. The molecular formula is C30H34N4O7. The van der Waals surface area contributed by atoms with E-state index in [9.17, 15) is 19.2 Å². The SMILES string of the molecule is CN[C@@H](C)C(=O)N[C@H]1COc2ccccc2N(Cc2cc3cc(C(=O)NCCCC(=O)O)ccc3cc2OC)C1=O. The van der Waals surface area contributed by atoms with Crippen molar-refractivity contribution in [1.29, 1.82) is 0 Å². The lowest BCUT2D eigenvalue weighted by Crippen LogP contribution is -2.53. The first-order valence-electron chi connectivity index (χ1n) is 13.3. The van der Waals surface area contributed by atoms with Crippen molar-refractivity contribution in [1.82, 2.24) is 16.0 Å². The van der Waals surface area contributed by atoms with Gasteiger partial charge in [-0.1, -0.05) is 18.2 Å². The van der Waals surface area contributed by atoms with Gasteiger partial charge in [0, 0.05) is 24.1 Å². The van der Waals surface area contributed by atoms with Gasteiger partial charge in [-0.25, -0.2) is 0 Å². The van der Waals surface area contributed by atoms with E-state index >= 15 is 0 Å². The predicted octanol–water partition coefficient (Wildman–Crippen LogP) is 2.46. The molecule has 41 heavy (non-hydrogen) atoms. The van der Waals surface area contributed by atoms with Crippen LogP contribution in [0.1, 0.15) is 35.7 Å². The number of carboxylic acid groups (broad SMARTS) is 1. The molecule has 4 rings (SSSR count). The molecule has 0 unspecified atom stereocenters. The fraction of sp³-hybridized carbons (Fsp3) is 0.333. The highest BCUT2D eigenvalue weighted by atomic mass is 16.5. The van der Waals surface area contributed by atoms with Crippen LogP contribution in [0.4, 0.5) is 5.69 Å². The van der Waals surface area contributed by atoms with Crippen molar-refractivity contribution in [3.8, 4) is 11.5 Å². The Morgan fingerprint density at radius 2 is 1.90 bits per heavy atom. The summed E-state index contributed by atoms with van der Waals surface area (Å²) in [5, 5.41) is 18.8. The largest absolute Gasteiger partial charge is 0.496 e. The standard InChI is InChI=1S/C30H34N4O7/c1-18(31-2)28(37)33-23-17-41-25-8-5-4-7-24(25)34(30(23)39)16-22-14-21-13-20(11-10-19(21)15-26(22)40-3)29(38)32-12-6-9-27(35)36/h4-5,7-8,10-11,13-15,18,23,31H,6,9,12,16-17H2,1-3H3,(H,32,38)(H,33,37)(H,35,36)/t18-,23-/m0/s1. The summed E-state index contributed by atoms with van der Waals surface area (Å²) in [5.74, 6) is -0.799. The van der Waals surface area contributed by atoms with E-state index in [1.54, 1.807) is 50.2 Å². The molecule has 3 amide bonds. The Morgan fingerprint density at radius 1 is 1.12 bits per heavy atom. The number of likely N-dealkylation sites (N-methyl/N-ethyl adjacent to an activating group) is 1. The van der Waals surface area contributed by atoms with Crippen LogP contribution in [0.15, 0.2) is 54.6 Å². The second kappa shape index (κ2) is 13.1. The number of amides is 3. The number of hydrogen-bond acceptors (Lipinski definition) is 7. The van der Waals surface area contributed by atoms with Gasteiger partial charge in [-0.2, -0.15) is 0 Å². The van der Waals surface area contributed by atoms with Gasteiger partial charge in [0.1, 0.15) is 24.1 Å². The fourth-order valence-electron chi connectivity index (χ4n) is 4.54. The molecule has 0 saturated carbocycles. The molecule has 11 heteroatoms. The van der Waals surface area contributed by atoms with E-state index in [1.165, 1.54) is 0 Å². The Balaban J connectivity index is 1.64. The number of rotatable bonds is 11. The number of fused-ring (bicyclic) bond motifs is 2. The van der Waals surface area contributed by atoms with Crippen LogP contribution in [0.5, 0.6) is 11.5 Å². The van der Waals surface area contributed by atoms with Crippen LogP contribution in [-0.4, -0.2) is 68.2 Å². The maximum Gasteiger partial charge on any atom is 0.303 e. The van der Waals surface area contributed by atoms with Crippen molar-refractivity contribution in [2.24, 2.45) is 0 Å². The summed E-state index contributed by atoms with van der Waals surface area (Å²) in [6.45, 7) is 2.06. The minimum atomic E-state index is -0.912. The molecule has 0 aliphatic carbocycles. The number of carbonyl (C=O) groups is 4. The van der Waals surface area contributed by atoms with Crippen molar-refractivity contribution in [2.75, 3.05) is 32.2 Å². The highest BCUT2D eigenvalue weighted by Crippen LogP contribution is 2.35. The molecular weight excluding hydrogens is 528 g/mol. The van der Waals surface area contributed by atoms with Gasteiger partial charge < -0.3 is 35.4 Å². The maximum absolute atomic E-state index is 13.8. The molecule has 0 radical (unpaired) electrons. The van der Waals surface area contributed by atoms with Gasteiger partial charge in [-0.15, -0.1) is 0 Å². The molecule has 1 aliphatic rings. The summed E-state index contributed by atoms with van der Waals surface area (Å²) in [5.41, 5.74) is 1.68. The van der Waals surface area contributed by atoms with Crippen LogP contribution < -0.4 is 30.3 Å². The van der Waals surface area contributed by atoms with Crippen LogP contribution in [-0.2, 0) is 20.9 Å². The summed E-state index contributed by atoms with van der Waals surface area (Å²) < 4.78 is 11.6. The third kappa shape index (κ3) is 6.93. The molecule has 3 aromatic rings. The Kier molecular flexibility index (Phi) is 9.41. The number of benzene rings is 3. The maximum atomic E-state index is 13.8. The third-order valence-electron chi connectivity index (χ3n) is 6.95. The minimum Gasteiger partial charge on any atom is -0.496 e. The average molecular weight is 563 g/mol. The number of aliphatic carboxylic acids is 1. The molecule has 1 heterocycles. The Morgan fingerprint density at radius 3 is 2.63 bits per heavy atom. The number of ether oxygens (including phenoxy) is 2. The van der Waals surface area contributed by atoms with Crippen molar-refractivity contribution in [2.45, 2.75) is 38.4 Å². The average Bonchev–Trinajstić information content (AvgIpc) is 3.10. The van der Waals surface area contributed by atoms with Gasteiger partial charge >= 0.3 is 5.97 Å². The molecule has 3 aromatic carbocycles. The topological polar surface area (TPSA) is 146 Å². The summed E-state index contributed by atoms with van der Waals surface area (Å²) in [4.78, 5) is 51.4. The normalized spacial score (nSPS) is 15.3. The van der Waals surface area contributed by atoms with Crippen molar-refractivity contribution in [3.05, 3.63) is 65.7 Å². The molecule has 2 atom stereocenters. The number of carbonyl (C=O) groups excluding carboxylic acids is 3. The number of nitrogens with zero attached hydrogens (tertiary/aromatic N) is 1. The van der Waals surface area contributed by atoms with E-state index < -0.39 is 18.1 Å². The van der Waals surface area contributed by atoms with Gasteiger partial charge in [-0.05, 0) is 67.6 Å². The number of methoxy groups -OCH3 is 1. The molecule has 11 nitrogen and oxygen atoms in total. The van der Waals surface area contributed by atoms with Crippen LogP contribution >= 0.6 is 0 Å². The number of anilines is 1. The first-order chi connectivity index (χ1) is 19.7. The van der Waals surface area contributed by atoms with E-state index in [0.29, 0.717) is 34.7 Å². The van der Waals surface area contributed by atoms with Crippen LogP contribution in [0.25, 0.3) is 10.8 Å². The Labute approximate surface area is 237 Å². The lowest BCUT2D eigenvalue weighted by Gasteiger charge is -2.26. The van der Waals surface area contributed by atoms with Gasteiger partial charge in [0.25, 0.3) is 11.8 Å². The molecule has 216 valence electrons. The second-order valence-corrected chi connectivity index (χ2v) is 9.75. The van der Waals surface area contributed by atoms with Gasteiger partial charge in [-0.3, -0.25) is 19.2 Å². The lowest BCUT2D eigenvalue weighted by atomic mass is 10.0. The van der Waals surface area contributed by atoms with E-state index in [2.05, 4.69) is 16.0 Å². The molecule has 0 aromatic heterocycles. The van der Waals surface area contributed by atoms with E-state index in [1.807, 2.05) is 30.3 Å². The zero-order chi connectivity index (χ0) is 29.5. The third-order valence-corrected chi connectivity index (χ3v) is 6.95. The fourth-order valence-corrected chi connectivity index (χ4v) is 4.54. The van der Waals surface area contributed by atoms with Gasteiger partial charge in [0.15, 0.2) is 0 Å². The lowest BCUT2D eigenvalue weighted by molar-refractivity contribution is -0.137. The zero-order valence-electron chi connectivity index (χ0n) is 23.2. The summed E-state index contributed by atoms with van der Waals surface area (Å²) >= 11 is 0. The minimum absolute atomic E-state index is 0.0195. The first-order valence-corrected chi connectivity index (χ1v) is 13.3. The van der Waals surface area contributed by atoms with Crippen molar-refractivity contribution >= 4 is 40.2 Å². The highest BCUT2D eigenvalue weighted by molar-refractivity contribution is 6.02. The molecule has 0 spiro atoms. The molecule has 0 saturated heterocycles. The van der Waals surface area contributed by atoms with Crippen LogP contribution in [0.2, 0.25) is 0 Å². The molecule has 1 aliphatic heterocycles. The monoisotopic (exact) mass is 562 g/mol. The smallest absolute Gasteiger partial charge is 0.303 e. The van der Waals surface area contributed by atoms with Gasteiger partial charge in [0.05, 0.1) is 25.4 Å². The first kappa shape index (κ1) is 29.3. The molecule has 0 bridgehead atoms. The van der Waals surface area contributed by atoms with E-state index in [0.717, 1.165) is 10.8 Å². The molecule has 0 fully saturated rings. The molecule has 4 N–H and O–H groups in total. The summed E-state index contributed by atoms with van der Waals surface area (Å²) in [7, 11) is 3.21. The van der Waals surface area contributed by atoms with Crippen molar-refractivity contribution in [3.63, 3.8) is 0 Å². The van der Waals surface area contributed by atoms with Crippen LogP contribution in [0, 0.1) is 0 Å². The summed E-state index contributed by atoms with van der Waals surface area (Å²) in [6.07, 6.45) is 0.309. The van der Waals surface area contributed by atoms with Gasteiger partial charge in [0.2, 0.25) is 5.91 Å². The van der Waals surface area contributed by atoms with E-state index in [-0.39, 0.29) is 43.8 Å². The number of nitrogens with one attached hydrogen (secondary N) is 3. The van der Waals surface area contributed by atoms with Crippen LogP contribution in [0.3, 0.4) is 0 Å². The zero-order valence-corrected chi connectivity index (χ0v) is 23.2. The Hall–Kier alpha value is -4.64. The Bertz CT molecular complexity index is 1460. The number of carboxylic acids is 1. The number of para-hydroxylation sites is 2. The number of hydrogen-bond donors (Lipinski definition) is 4.